The molecule has 1 fully saturated rings. The molecule has 30 heavy (non-hydrogen) atoms. The van der Waals surface area contributed by atoms with Crippen LogP contribution in [-0.2, 0) is 19.1 Å². The van der Waals surface area contributed by atoms with Gasteiger partial charge in [0.15, 0.2) is 0 Å². The second kappa shape index (κ2) is 13.2. The largest absolute Gasteiger partial charge is 0.463 e. The molecule has 0 aromatic carbocycles. The molecule has 7 nitrogen and oxygen atoms in total. The van der Waals surface area contributed by atoms with Crippen molar-refractivity contribution < 1.29 is 24.2 Å². The minimum Gasteiger partial charge on any atom is -0.463 e. The third-order valence-corrected chi connectivity index (χ3v) is 5.63. The molecule has 2 atom stereocenters. The van der Waals surface area contributed by atoms with E-state index in [2.05, 4.69) is 23.8 Å². The Labute approximate surface area is 180 Å². The number of aliphatic hydroxyl groups excluding tert-OH is 1. The van der Waals surface area contributed by atoms with Crippen LogP contribution in [0.2, 0.25) is 0 Å². The SMILES string of the molecule is C=CCCC(=O)OC[C@@H](NC(=O)[C@@H](CC=C)CC(=O)NC1(CO)CCCC1)C(C)C. The van der Waals surface area contributed by atoms with Crippen LogP contribution in [0.4, 0.5) is 0 Å². The number of esters is 1. The molecule has 0 aromatic heterocycles. The van der Waals surface area contributed by atoms with Crippen molar-refractivity contribution in [2.45, 2.75) is 76.8 Å². The zero-order valence-corrected chi connectivity index (χ0v) is 18.5. The summed E-state index contributed by atoms with van der Waals surface area (Å²) < 4.78 is 5.28. The molecule has 2 amide bonds. The van der Waals surface area contributed by atoms with Gasteiger partial charge in [0.05, 0.1) is 24.1 Å². The zero-order valence-electron chi connectivity index (χ0n) is 18.5. The van der Waals surface area contributed by atoms with Gasteiger partial charge in [-0.1, -0.05) is 38.8 Å². The normalized spacial score (nSPS) is 17.1. The lowest BCUT2D eigenvalue weighted by atomic mass is 9.95. The first kappa shape index (κ1) is 25.9. The van der Waals surface area contributed by atoms with Crippen molar-refractivity contribution >= 4 is 17.8 Å². The number of aliphatic hydroxyl groups is 1. The number of carbonyl (C=O) groups excluding carboxylic acids is 3. The molecule has 170 valence electrons. The Morgan fingerprint density at radius 3 is 2.37 bits per heavy atom. The fourth-order valence-electron chi connectivity index (χ4n) is 3.61. The third-order valence-electron chi connectivity index (χ3n) is 5.63. The molecule has 1 aliphatic rings. The topological polar surface area (TPSA) is 105 Å². The molecule has 0 radical (unpaired) electrons. The summed E-state index contributed by atoms with van der Waals surface area (Å²) >= 11 is 0. The Morgan fingerprint density at radius 1 is 1.17 bits per heavy atom. The number of allylic oxidation sites excluding steroid dienone is 2. The zero-order chi connectivity index (χ0) is 22.6. The average Bonchev–Trinajstić information content (AvgIpc) is 3.17. The minimum absolute atomic E-state index is 0.0174. The smallest absolute Gasteiger partial charge is 0.306 e. The van der Waals surface area contributed by atoms with Gasteiger partial charge >= 0.3 is 5.97 Å². The van der Waals surface area contributed by atoms with Crippen LogP contribution in [0, 0.1) is 11.8 Å². The number of nitrogens with one attached hydrogen (secondary N) is 2. The Morgan fingerprint density at radius 2 is 1.83 bits per heavy atom. The van der Waals surface area contributed by atoms with Crippen molar-refractivity contribution in [1.29, 1.82) is 0 Å². The second-order valence-electron chi connectivity index (χ2n) is 8.49. The maximum Gasteiger partial charge on any atom is 0.306 e. The van der Waals surface area contributed by atoms with Gasteiger partial charge in [0.1, 0.15) is 6.61 Å². The molecule has 0 unspecified atom stereocenters. The number of rotatable bonds is 14. The summed E-state index contributed by atoms with van der Waals surface area (Å²) in [6, 6.07) is -0.348. The average molecular weight is 423 g/mol. The maximum atomic E-state index is 12.8. The maximum absolute atomic E-state index is 12.8. The van der Waals surface area contributed by atoms with Crippen LogP contribution in [0.25, 0.3) is 0 Å². The van der Waals surface area contributed by atoms with Crippen molar-refractivity contribution in [2.75, 3.05) is 13.2 Å². The van der Waals surface area contributed by atoms with Crippen molar-refractivity contribution in [2.24, 2.45) is 11.8 Å². The summed E-state index contributed by atoms with van der Waals surface area (Å²) in [7, 11) is 0. The van der Waals surface area contributed by atoms with Gasteiger partial charge in [-0.3, -0.25) is 14.4 Å². The van der Waals surface area contributed by atoms with Crippen LogP contribution in [0.5, 0.6) is 0 Å². The molecule has 3 N–H and O–H groups in total. The first-order chi connectivity index (χ1) is 14.3. The highest BCUT2D eigenvalue weighted by molar-refractivity contribution is 5.86. The van der Waals surface area contributed by atoms with E-state index in [4.69, 9.17) is 4.74 Å². The fraction of sp³-hybridized carbons (Fsp3) is 0.696. The van der Waals surface area contributed by atoms with Crippen LogP contribution < -0.4 is 10.6 Å². The Kier molecular flexibility index (Phi) is 11.4. The Hall–Kier alpha value is -2.15. The van der Waals surface area contributed by atoms with E-state index >= 15 is 0 Å². The summed E-state index contributed by atoms with van der Waals surface area (Å²) in [5, 5.41) is 15.6. The van der Waals surface area contributed by atoms with Gasteiger partial charge in [0, 0.05) is 12.8 Å². The van der Waals surface area contributed by atoms with Crippen LogP contribution >= 0.6 is 0 Å². The van der Waals surface area contributed by atoms with E-state index in [9.17, 15) is 19.5 Å². The molecule has 7 heteroatoms. The molecule has 1 saturated carbocycles. The van der Waals surface area contributed by atoms with E-state index < -0.39 is 11.5 Å². The van der Waals surface area contributed by atoms with Crippen LogP contribution in [0.1, 0.15) is 65.2 Å². The van der Waals surface area contributed by atoms with Crippen LogP contribution in [0.3, 0.4) is 0 Å². The predicted octanol–water partition coefficient (Wildman–Crippen LogP) is 2.64. The van der Waals surface area contributed by atoms with E-state index in [-0.39, 0.29) is 55.8 Å². The molecule has 1 rings (SSSR count). The molecular formula is C23H38N2O5. The monoisotopic (exact) mass is 422 g/mol. The van der Waals surface area contributed by atoms with Crippen LogP contribution in [0.15, 0.2) is 25.3 Å². The Balaban J connectivity index is 2.66. The van der Waals surface area contributed by atoms with E-state index in [1.807, 2.05) is 13.8 Å². The second-order valence-corrected chi connectivity index (χ2v) is 8.49. The molecule has 1 aliphatic carbocycles. The van der Waals surface area contributed by atoms with Crippen molar-refractivity contribution in [3.63, 3.8) is 0 Å². The third kappa shape index (κ3) is 8.69. The van der Waals surface area contributed by atoms with E-state index in [1.165, 1.54) is 0 Å². The van der Waals surface area contributed by atoms with Crippen LogP contribution in [-0.4, -0.2) is 47.7 Å². The summed E-state index contributed by atoms with van der Waals surface area (Å²) in [5.74, 6) is -1.36. The molecule has 0 aromatic rings. The highest BCUT2D eigenvalue weighted by atomic mass is 16.5. The van der Waals surface area contributed by atoms with E-state index in [0.717, 1.165) is 25.7 Å². The first-order valence-corrected chi connectivity index (χ1v) is 10.9. The lowest BCUT2D eigenvalue weighted by molar-refractivity contribution is -0.145. The first-order valence-electron chi connectivity index (χ1n) is 10.9. The number of amides is 2. The standard InChI is InChI=1S/C23H38N2O5/c1-5-7-11-21(28)30-15-19(17(3)4)24-22(29)18(10-6-2)14-20(27)25-23(16-26)12-8-9-13-23/h5-6,17-19,26H,1-2,7-16H2,3-4H3,(H,24,29)(H,25,27)/t18-,19+/m0/s1. The summed E-state index contributed by atoms with van der Waals surface area (Å²) in [5.41, 5.74) is -0.563. The van der Waals surface area contributed by atoms with Gasteiger partial charge in [0.2, 0.25) is 11.8 Å². The molecule has 0 aliphatic heterocycles. The molecule has 0 spiro atoms. The number of hydrogen-bond acceptors (Lipinski definition) is 5. The molecular weight excluding hydrogens is 384 g/mol. The molecule has 0 heterocycles. The summed E-state index contributed by atoms with van der Waals surface area (Å²) in [4.78, 5) is 37.2. The molecule has 0 bridgehead atoms. The highest BCUT2D eigenvalue weighted by Gasteiger charge is 2.35. The van der Waals surface area contributed by atoms with Gasteiger partial charge in [-0.2, -0.15) is 0 Å². The van der Waals surface area contributed by atoms with Crippen molar-refractivity contribution in [3.8, 4) is 0 Å². The lowest BCUT2D eigenvalue weighted by Gasteiger charge is -2.29. The van der Waals surface area contributed by atoms with Gasteiger partial charge in [-0.05, 0) is 31.6 Å². The highest BCUT2D eigenvalue weighted by Crippen LogP contribution is 2.29. The minimum atomic E-state index is -0.572. The Bertz CT molecular complexity index is 596. The van der Waals surface area contributed by atoms with Gasteiger partial charge < -0.3 is 20.5 Å². The van der Waals surface area contributed by atoms with Gasteiger partial charge in [0.25, 0.3) is 0 Å². The quantitative estimate of drug-likeness (QED) is 0.295. The van der Waals surface area contributed by atoms with Gasteiger partial charge in [-0.25, -0.2) is 0 Å². The fourth-order valence-corrected chi connectivity index (χ4v) is 3.61. The van der Waals surface area contributed by atoms with Crippen molar-refractivity contribution in [3.05, 3.63) is 25.3 Å². The van der Waals surface area contributed by atoms with Crippen molar-refractivity contribution in [1.82, 2.24) is 10.6 Å². The summed E-state index contributed by atoms with van der Waals surface area (Å²) in [6.45, 7) is 11.1. The lowest BCUT2D eigenvalue weighted by Crippen LogP contribution is -2.50. The summed E-state index contributed by atoms with van der Waals surface area (Å²) in [6.07, 6.45) is 7.89. The number of ether oxygens (including phenoxy) is 1. The van der Waals surface area contributed by atoms with E-state index in [1.54, 1.807) is 12.2 Å². The predicted molar refractivity (Wildman–Crippen MR) is 117 cm³/mol. The number of hydrogen-bond donors (Lipinski definition) is 3. The number of carbonyl (C=O) groups is 3. The molecule has 0 saturated heterocycles. The van der Waals surface area contributed by atoms with Gasteiger partial charge in [-0.15, -0.1) is 13.2 Å². The van der Waals surface area contributed by atoms with E-state index in [0.29, 0.717) is 12.8 Å².